The molecule has 0 spiro atoms. The minimum atomic E-state index is 0.322. The van der Waals surface area contributed by atoms with Gasteiger partial charge in [0.1, 0.15) is 0 Å². The van der Waals surface area contributed by atoms with Crippen molar-refractivity contribution in [3.8, 4) is 0 Å². The fourth-order valence-corrected chi connectivity index (χ4v) is 1.38. The van der Waals surface area contributed by atoms with Gasteiger partial charge >= 0.3 is 0 Å². The van der Waals surface area contributed by atoms with Crippen molar-refractivity contribution in [2.45, 2.75) is 11.8 Å². The molecule has 0 amide bonds. The number of benzene rings is 1. The van der Waals surface area contributed by atoms with Crippen molar-refractivity contribution >= 4 is 11.6 Å². The van der Waals surface area contributed by atoms with Crippen LogP contribution in [0.3, 0.4) is 0 Å². The predicted molar refractivity (Wildman–Crippen MR) is 43.0 cm³/mol. The molecule has 1 aromatic rings. The third-order valence-electron chi connectivity index (χ3n) is 1.76. The fraction of sp³-hybridized carbons (Fsp3) is 0.222. The minimum Gasteiger partial charge on any atom is -0.122 e. The van der Waals surface area contributed by atoms with E-state index in [1.54, 1.807) is 0 Å². The van der Waals surface area contributed by atoms with Crippen molar-refractivity contribution in [2.75, 3.05) is 0 Å². The second-order valence-corrected chi connectivity index (χ2v) is 3.09. The van der Waals surface area contributed by atoms with Crippen LogP contribution in [0.5, 0.6) is 0 Å². The van der Waals surface area contributed by atoms with Crippen molar-refractivity contribution in [2.24, 2.45) is 0 Å². The first kappa shape index (κ1) is 6.23. The van der Waals surface area contributed by atoms with E-state index >= 15 is 0 Å². The summed E-state index contributed by atoms with van der Waals surface area (Å²) >= 11 is 5.85. The van der Waals surface area contributed by atoms with Crippen LogP contribution in [0.4, 0.5) is 0 Å². The van der Waals surface area contributed by atoms with Gasteiger partial charge in [0.15, 0.2) is 0 Å². The first-order chi connectivity index (χ1) is 4.88. The van der Waals surface area contributed by atoms with Gasteiger partial charge in [-0.1, -0.05) is 30.3 Å². The highest BCUT2D eigenvalue weighted by molar-refractivity contribution is 6.25. The second kappa shape index (κ2) is 2.28. The highest BCUT2D eigenvalue weighted by Gasteiger charge is 2.36. The fourth-order valence-electron chi connectivity index (χ4n) is 1.09. The third kappa shape index (κ3) is 1.04. The molecule has 51 valence electrons. The topological polar surface area (TPSA) is 0 Å². The quantitative estimate of drug-likeness (QED) is 0.542. The summed E-state index contributed by atoms with van der Waals surface area (Å²) in [6.07, 6.45) is 1.07. The molecule has 1 aromatic carbocycles. The third-order valence-corrected chi connectivity index (χ3v) is 2.18. The lowest BCUT2D eigenvalue weighted by Crippen LogP contribution is -1.79. The molecule has 1 aliphatic carbocycles. The zero-order valence-corrected chi connectivity index (χ0v) is 6.31. The monoisotopic (exact) mass is 151 g/mol. The summed E-state index contributed by atoms with van der Waals surface area (Å²) in [6, 6.07) is 10.3. The van der Waals surface area contributed by atoms with Crippen molar-refractivity contribution in [1.29, 1.82) is 0 Å². The molecule has 1 heteroatoms. The Morgan fingerprint density at radius 1 is 1.20 bits per heavy atom. The molecular formula is C9H8Cl. The van der Waals surface area contributed by atoms with Gasteiger partial charge in [-0.3, -0.25) is 0 Å². The van der Waals surface area contributed by atoms with Crippen LogP contribution < -0.4 is 0 Å². The average molecular weight is 152 g/mol. The molecule has 1 atom stereocenters. The molecule has 0 N–H and O–H groups in total. The van der Waals surface area contributed by atoms with E-state index in [2.05, 4.69) is 12.1 Å². The van der Waals surface area contributed by atoms with Crippen LogP contribution in [-0.2, 0) is 0 Å². The maximum Gasteiger partial charge on any atom is 0.0451 e. The first-order valence-corrected chi connectivity index (χ1v) is 3.87. The van der Waals surface area contributed by atoms with Gasteiger partial charge in [-0.25, -0.2) is 0 Å². The Labute approximate surface area is 65.8 Å². The Kier molecular flexibility index (Phi) is 1.42. The largest absolute Gasteiger partial charge is 0.122 e. The highest BCUT2D eigenvalue weighted by Crippen LogP contribution is 2.43. The first-order valence-electron chi connectivity index (χ1n) is 3.43. The van der Waals surface area contributed by atoms with Gasteiger partial charge in [0.05, 0.1) is 0 Å². The lowest BCUT2D eigenvalue weighted by atomic mass is 10.1. The SMILES string of the molecule is ClC1C[C]1c1ccccc1. The number of hydrogen-bond acceptors (Lipinski definition) is 0. The van der Waals surface area contributed by atoms with Gasteiger partial charge in [-0.15, -0.1) is 11.6 Å². The van der Waals surface area contributed by atoms with E-state index in [1.807, 2.05) is 18.2 Å². The number of alkyl halides is 1. The van der Waals surface area contributed by atoms with Gasteiger partial charge in [-0.2, -0.15) is 0 Å². The molecule has 1 saturated carbocycles. The molecule has 10 heavy (non-hydrogen) atoms. The molecule has 0 aromatic heterocycles. The number of halogens is 1. The Bertz CT molecular complexity index is 217. The van der Waals surface area contributed by atoms with Crippen LogP contribution in [0.1, 0.15) is 12.0 Å². The zero-order chi connectivity index (χ0) is 6.97. The van der Waals surface area contributed by atoms with Crippen molar-refractivity contribution < 1.29 is 0 Å². The van der Waals surface area contributed by atoms with Crippen molar-refractivity contribution in [1.82, 2.24) is 0 Å². The van der Waals surface area contributed by atoms with Gasteiger partial charge in [0.2, 0.25) is 0 Å². The maximum absolute atomic E-state index is 5.85. The average Bonchev–Trinajstić information content (AvgIpc) is 2.69. The zero-order valence-electron chi connectivity index (χ0n) is 5.55. The summed E-state index contributed by atoms with van der Waals surface area (Å²) in [5.41, 5.74) is 1.31. The molecular weight excluding hydrogens is 144 g/mol. The summed E-state index contributed by atoms with van der Waals surface area (Å²) in [4.78, 5) is 0. The van der Waals surface area contributed by atoms with E-state index in [0.29, 0.717) is 5.38 Å². The molecule has 0 aliphatic heterocycles. The summed E-state index contributed by atoms with van der Waals surface area (Å²) in [5, 5.41) is 0.322. The summed E-state index contributed by atoms with van der Waals surface area (Å²) in [7, 11) is 0. The highest BCUT2D eigenvalue weighted by atomic mass is 35.5. The summed E-state index contributed by atoms with van der Waals surface area (Å²) in [6.45, 7) is 0. The Balaban J connectivity index is 2.20. The lowest BCUT2D eigenvalue weighted by Gasteiger charge is -1.93. The van der Waals surface area contributed by atoms with Crippen LogP contribution in [0.2, 0.25) is 0 Å². The van der Waals surface area contributed by atoms with Gasteiger partial charge in [0.25, 0.3) is 0 Å². The number of rotatable bonds is 1. The van der Waals surface area contributed by atoms with Crippen molar-refractivity contribution in [3.63, 3.8) is 0 Å². The molecule has 0 nitrogen and oxygen atoms in total. The van der Waals surface area contributed by atoms with Gasteiger partial charge in [0, 0.05) is 11.3 Å². The molecule has 0 heterocycles. The van der Waals surface area contributed by atoms with E-state index in [9.17, 15) is 0 Å². The standard InChI is InChI=1S/C9H8Cl/c10-9-6-8(9)7-4-2-1-3-5-7/h1-5,9H,6H2. The van der Waals surface area contributed by atoms with E-state index in [1.165, 1.54) is 11.5 Å². The van der Waals surface area contributed by atoms with E-state index in [4.69, 9.17) is 11.6 Å². The summed E-state index contributed by atoms with van der Waals surface area (Å²) < 4.78 is 0. The van der Waals surface area contributed by atoms with Crippen molar-refractivity contribution in [3.05, 3.63) is 41.8 Å². The van der Waals surface area contributed by atoms with E-state index in [0.717, 1.165) is 6.42 Å². The van der Waals surface area contributed by atoms with Crippen LogP contribution in [0.25, 0.3) is 0 Å². The molecule has 2 rings (SSSR count). The molecule has 1 unspecified atom stereocenters. The van der Waals surface area contributed by atoms with Crippen LogP contribution in [-0.4, -0.2) is 5.38 Å². The normalized spacial score (nSPS) is 24.7. The van der Waals surface area contributed by atoms with Crippen LogP contribution >= 0.6 is 11.6 Å². The van der Waals surface area contributed by atoms with E-state index in [-0.39, 0.29) is 0 Å². The number of hydrogen-bond donors (Lipinski definition) is 0. The van der Waals surface area contributed by atoms with Gasteiger partial charge < -0.3 is 0 Å². The molecule has 1 radical (unpaired) electrons. The smallest absolute Gasteiger partial charge is 0.0451 e. The maximum atomic E-state index is 5.85. The second-order valence-electron chi connectivity index (χ2n) is 2.56. The Morgan fingerprint density at radius 2 is 1.80 bits per heavy atom. The Hall–Kier alpha value is -0.490. The van der Waals surface area contributed by atoms with Crippen LogP contribution in [0, 0.1) is 5.92 Å². The molecule has 0 bridgehead atoms. The predicted octanol–water partition coefficient (Wildman–Crippen LogP) is 2.62. The van der Waals surface area contributed by atoms with Gasteiger partial charge in [-0.05, 0) is 12.0 Å². The minimum absolute atomic E-state index is 0.322. The Morgan fingerprint density at radius 3 is 2.30 bits per heavy atom. The summed E-state index contributed by atoms with van der Waals surface area (Å²) in [5.74, 6) is 1.39. The molecule has 1 fully saturated rings. The van der Waals surface area contributed by atoms with E-state index < -0.39 is 0 Å². The lowest BCUT2D eigenvalue weighted by molar-refractivity contribution is 1.41. The molecule has 0 saturated heterocycles. The van der Waals surface area contributed by atoms with Crippen LogP contribution in [0.15, 0.2) is 30.3 Å². The molecule has 1 aliphatic rings.